The molecule has 3 aromatic rings. The van der Waals surface area contributed by atoms with Gasteiger partial charge < -0.3 is 9.42 Å². The van der Waals surface area contributed by atoms with Crippen molar-refractivity contribution in [1.82, 2.24) is 25.1 Å². The average Bonchev–Trinajstić information content (AvgIpc) is 3.26. The number of rotatable bonds is 2. The van der Waals surface area contributed by atoms with Crippen molar-refractivity contribution in [2.45, 2.75) is 32.0 Å². The fraction of sp³-hybridized carbons (Fsp3) is 0.412. The number of benzene rings is 1. The number of piperidine rings is 1. The SMILES string of the molecule is Cc1cc(C(=O)N2CCC[C@@H](n3nnc4cc(C(F)(F)F)ccc43)C2)on1. The van der Waals surface area contributed by atoms with Crippen molar-refractivity contribution in [3.8, 4) is 0 Å². The number of likely N-dealkylation sites (tertiary alicyclic amines) is 1. The lowest BCUT2D eigenvalue weighted by Crippen LogP contribution is -2.40. The monoisotopic (exact) mass is 379 g/mol. The smallest absolute Gasteiger partial charge is 0.351 e. The van der Waals surface area contributed by atoms with Gasteiger partial charge in [0.25, 0.3) is 5.91 Å². The molecule has 4 rings (SSSR count). The number of nitrogens with zero attached hydrogens (tertiary/aromatic N) is 5. The van der Waals surface area contributed by atoms with E-state index in [9.17, 15) is 18.0 Å². The van der Waals surface area contributed by atoms with Crippen LogP contribution < -0.4 is 0 Å². The van der Waals surface area contributed by atoms with Crippen molar-refractivity contribution in [3.05, 3.63) is 41.3 Å². The highest BCUT2D eigenvalue weighted by Gasteiger charge is 2.32. The normalized spacial score (nSPS) is 18.2. The van der Waals surface area contributed by atoms with Gasteiger partial charge in [0.1, 0.15) is 5.52 Å². The first kappa shape index (κ1) is 17.5. The zero-order chi connectivity index (χ0) is 19.2. The summed E-state index contributed by atoms with van der Waals surface area (Å²) in [5, 5.41) is 11.6. The van der Waals surface area contributed by atoms with Crippen LogP contribution >= 0.6 is 0 Å². The number of hydrogen-bond donors (Lipinski definition) is 0. The van der Waals surface area contributed by atoms with Gasteiger partial charge in [-0.05, 0) is 38.0 Å². The van der Waals surface area contributed by atoms with Crippen molar-refractivity contribution >= 4 is 16.9 Å². The third kappa shape index (κ3) is 3.26. The Bertz CT molecular complexity index is 994. The largest absolute Gasteiger partial charge is 0.416 e. The molecule has 1 fully saturated rings. The van der Waals surface area contributed by atoms with Crippen LogP contribution in [0.1, 0.15) is 40.7 Å². The van der Waals surface area contributed by atoms with Crippen LogP contribution in [0, 0.1) is 6.92 Å². The van der Waals surface area contributed by atoms with Crippen LogP contribution in [0.3, 0.4) is 0 Å². The molecule has 0 aliphatic carbocycles. The molecule has 27 heavy (non-hydrogen) atoms. The van der Waals surface area contributed by atoms with Gasteiger partial charge in [-0.2, -0.15) is 13.2 Å². The third-order valence-corrected chi connectivity index (χ3v) is 4.67. The van der Waals surface area contributed by atoms with Crippen molar-refractivity contribution in [3.63, 3.8) is 0 Å². The molecule has 3 heterocycles. The van der Waals surface area contributed by atoms with E-state index in [-0.39, 0.29) is 23.2 Å². The number of carbonyl (C=O) groups is 1. The highest BCUT2D eigenvalue weighted by Crippen LogP contribution is 2.32. The van der Waals surface area contributed by atoms with Gasteiger partial charge >= 0.3 is 6.18 Å². The maximum Gasteiger partial charge on any atom is 0.416 e. The molecule has 1 atom stereocenters. The summed E-state index contributed by atoms with van der Waals surface area (Å²) >= 11 is 0. The number of halogens is 3. The fourth-order valence-electron chi connectivity index (χ4n) is 3.35. The van der Waals surface area contributed by atoms with Gasteiger partial charge in [0, 0.05) is 19.2 Å². The lowest BCUT2D eigenvalue weighted by molar-refractivity contribution is -0.137. The summed E-state index contributed by atoms with van der Waals surface area (Å²) in [6.45, 7) is 2.67. The molecule has 1 aliphatic rings. The summed E-state index contributed by atoms with van der Waals surface area (Å²) < 4.78 is 45.2. The second kappa shape index (κ2) is 6.36. The topological polar surface area (TPSA) is 77.0 Å². The van der Waals surface area contributed by atoms with Crippen LogP contribution in [0.25, 0.3) is 11.0 Å². The maximum absolute atomic E-state index is 12.9. The summed E-state index contributed by atoms with van der Waals surface area (Å²) in [6, 6.07) is 4.79. The molecule has 0 saturated carbocycles. The number of aryl methyl sites for hydroxylation is 1. The summed E-state index contributed by atoms with van der Waals surface area (Å²) in [5.74, 6) is -0.0875. The molecule has 0 spiro atoms. The second-order valence-corrected chi connectivity index (χ2v) is 6.62. The molecule has 7 nitrogen and oxygen atoms in total. The number of carbonyl (C=O) groups excluding carboxylic acids is 1. The molecule has 1 amide bonds. The maximum atomic E-state index is 12.9. The zero-order valence-electron chi connectivity index (χ0n) is 14.4. The first-order valence-electron chi connectivity index (χ1n) is 8.47. The molecule has 10 heteroatoms. The quantitative estimate of drug-likeness (QED) is 0.683. The van der Waals surface area contributed by atoms with Crippen LogP contribution in [0.4, 0.5) is 13.2 Å². The number of alkyl halides is 3. The zero-order valence-corrected chi connectivity index (χ0v) is 14.4. The van der Waals surface area contributed by atoms with Gasteiger partial charge in [-0.3, -0.25) is 4.79 Å². The Morgan fingerprint density at radius 1 is 1.30 bits per heavy atom. The molecule has 142 valence electrons. The number of hydrogen-bond acceptors (Lipinski definition) is 5. The Balaban J connectivity index is 1.59. The molecule has 1 aromatic carbocycles. The predicted molar refractivity (Wildman–Crippen MR) is 87.9 cm³/mol. The molecular formula is C17H16F3N5O2. The summed E-state index contributed by atoms with van der Waals surface area (Å²) in [5.41, 5.74) is 0.551. The number of aromatic nitrogens is 4. The number of amides is 1. The molecular weight excluding hydrogens is 363 g/mol. The van der Waals surface area contributed by atoms with Gasteiger partial charge in [-0.25, -0.2) is 4.68 Å². The Hall–Kier alpha value is -2.91. The Labute approximate surface area is 151 Å². The summed E-state index contributed by atoms with van der Waals surface area (Å²) in [6.07, 6.45) is -2.94. The molecule has 2 aromatic heterocycles. The van der Waals surface area contributed by atoms with E-state index in [1.165, 1.54) is 6.07 Å². The molecule has 0 radical (unpaired) electrons. The van der Waals surface area contributed by atoms with Crippen LogP contribution in [-0.2, 0) is 6.18 Å². The van der Waals surface area contributed by atoms with Crippen LogP contribution in [-0.4, -0.2) is 44.0 Å². The van der Waals surface area contributed by atoms with Gasteiger partial charge in [0.15, 0.2) is 0 Å². The van der Waals surface area contributed by atoms with Crippen molar-refractivity contribution in [2.24, 2.45) is 0 Å². The summed E-state index contributed by atoms with van der Waals surface area (Å²) in [4.78, 5) is 14.2. The molecule has 0 bridgehead atoms. The van der Waals surface area contributed by atoms with Crippen LogP contribution in [0.2, 0.25) is 0 Å². The first-order chi connectivity index (χ1) is 12.8. The predicted octanol–water partition coefficient (Wildman–Crippen LogP) is 3.22. The Kier molecular flexibility index (Phi) is 4.12. The Morgan fingerprint density at radius 3 is 2.81 bits per heavy atom. The van der Waals surface area contributed by atoms with Crippen molar-refractivity contribution < 1.29 is 22.5 Å². The minimum Gasteiger partial charge on any atom is -0.351 e. The molecule has 1 saturated heterocycles. The minimum atomic E-state index is -4.43. The van der Waals surface area contributed by atoms with E-state index in [4.69, 9.17) is 4.52 Å². The molecule has 1 aliphatic heterocycles. The van der Waals surface area contributed by atoms with Crippen LogP contribution in [0.15, 0.2) is 28.8 Å². The Morgan fingerprint density at radius 2 is 2.11 bits per heavy atom. The van der Waals surface area contributed by atoms with E-state index in [0.29, 0.717) is 24.3 Å². The highest BCUT2D eigenvalue weighted by atomic mass is 19.4. The average molecular weight is 379 g/mol. The minimum absolute atomic E-state index is 0.173. The van der Waals surface area contributed by atoms with Gasteiger partial charge in [0.05, 0.1) is 22.8 Å². The van der Waals surface area contributed by atoms with E-state index in [1.54, 1.807) is 22.6 Å². The standard InChI is InChI=1S/C17H16F3N5O2/c1-10-7-15(27-22-10)16(26)24-6-2-3-12(9-24)25-14-5-4-11(17(18,19)20)8-13(14)21-23-25/h4-5,7-8,12H,2-3,6,9H2,1H3/t12-/m1/s1. The van der Waals surface area contributed by atoms with E-state index >= 15 is 0 Å². The molecule has 0 N–H and O–H groups in total. The first-order valence-corrected chi connectivity index (χ1v) is 8.47. The van der Waals surface area contributed by atoms with E-state index in [0.717, 1.165) is 25.0 Å². The van der Waals surface area contributed by atoms with Gasteiger partial charge in [-0.15, -0.1) is 5.10 Å². The van der Waals surface area contributed by atoms with Crippen molar-refractivity contribution in [1.29, 1.82) is 0 Å². The van der Waals surface area contributed by atoms with Crippen LogP contribution in [0.5, 0.6) is 0 Å². The fourth-order valence-corrected chi connectivity index (χ4v) is 3.35. The van der Waals surface area contributed by atoms with Crippen molar-refractivity contribution in [2.75, 3.05) is 13.1 Å². The van der Waals surface area contributed by atoms with E-state index < -0.39 is 11.7 Å². The second-order valence-electron chi connectivity index (χ2n) is 6.62. The molecule has 0 unspecified atom stereocenters. The highest BCUT2D eigenvalue weighted by molar-refractivity contribution is 5.91. The van der Waals surface area contributed by atoms with E-state index in [1.807, 2.05) is 0 Å². The summed E-state index contributed by atoms with van der Waals surface area (Å²) in [7, 11) is 0. The lowest BCUT2D eigenvalue weighted by atomic mass is 10.0. The van der Waals surface area contributed by atoms with Gasteiger partial charge in [0.2, 0.25) is 5.76 Å². The van der Waals surface area contributed by atoms with Gasteiger partial charge in [-0.1, -0.05) is 10.4 Å². The lowest BCUT2D eigenvalue weighted by Gasteiger charge is -2.32. The number of fused-ring (bicyclic) bond motifs is 1. The third-order valence-electron chi connectivity index (χ3n) is 4.67. The van der Waals surface area contributed by atoms with E-state index in [2.05, 4.69) is 15.5 Å².